The molecule has 2 bridgehead atoms. The highest BCUT2D eigenvalue weighted by Crippen LogP contribution is 2.49. The third-order valence-corrected chi connectivity index (χ3v) is 5.47. The van der Waals surface area contributed by atoms with Crippen molar-refractivity contribution < 1.29 is 0 Å². The molecule has 3 heteroatoms. The van der Waals surface area contributed by atoms with E-state index >= 15 is 0 Å². The van der Waals surface area contributed by atoms with Crippen molar-refractivity contribution in [1.82, 2.24) is 9.55 Å². The maximum absolute atomic E-state index is 5.89. The van der Waals surface area contributed by atoms with E-state index in [2.05, 4.69) is 17.6 Å². The van der Waals surface area contributed by atoms with Gasteiger partial charge >= 0.3 is 0 Å². The predicted octanol–water partition coefficient (Wildman–Crippen LogP) is 3.62. The monoisotopic (exact) mass is 269 g/mol. The van der Waals surface area contributed by atoms with Crippen LogP contribution in [0.25, 0.3) is 11.0 Å². The molecule has 0 aliphatic heterocycles. The number of nitrogens with zero attached hydrogens (tertiary/aromatic N) is 2. The van der Waals surface area contributed by atoms with Crippen molar-refractivity contribution in [1.29, 1.82) is 0 Å². The highest BCUT2D eigenvalue weighted by Gasteiger charge is 2.39. The fourth-order valence-electron chi connectivity index (χ4n) is 4.50. The minimum absolute atomic E-state index is 0.810. The largest absolute Gasteiger partial charge is 0.399 e. The van der Waals surface area contributed by atoms with E-state index in [1.165, 1.54) is 37.0 Å². The van der Waals surface area contributed by atoms with Crippen LogP contribution in [-0.2, 0) is 13.0 Å². The first kappa shape index (κ1) is 12.2. The van der Waals surface area contributed by atoms with Crippen LogP contribution in [0.3, 0.4) is 0 Å². The van der Waals surface area contributed by atoms with Gasteiger partial charge in [-0.15, -0.1) is 0 Å². The first-order chi connectivity index (χ1) is 9.74. The molecule has 3 atom stereocenters. The Morgan fingerprint density at radius 3 is 2.90 bits per heavy atom. The Balaban J connectivity index is 1.71. The lowest BCUT2D eigenvalue weighted by atomic mass is 9.88. The summed E-state index contributed by atoms with van der Waals surface area (Å²) < 4.78 is 2.46. The molecule has 20 heavy (non-hydrogen) atoms. The molecule has 2 N–H and O–H groups in total. The van der Waals surface area contributed by atoms with Crippen LogP contribution >= 0.6 is 0 Å². The fourth-order valence-corrected chi connectivity index (χ4v) is 4.50. The summed E-state index contributed by atoms with van der Waals surface area (Å²) in [7, 11) is 0. The first-order valence-electron chi connectivity index (χ1n) is 7.99. The number of hydrogen-bond donors (Lipinski definition) is 1. The summed E-state index contributed by atoms with van der Waals surface area (Å²) in [6.07, 6.45) is 6.84. The van der Waals surface area contributed by atoms with Crippen LogP contribution in [0, 0.1) is 17.8 Å². The number of fused-ring (bicyclic) bond motifs is 3. The Kier molecular flexibility index (Phi) is 2.76. The van der Waals surface area contributed by atoms with Gasteiger partial charge in [-0.05, 0) is 55.2 Å². The third kappa shape index (κ3) is 1.83. The molecule has 3 nitrogen and oxygen atoms in total. The van der Waals surface area contributed by atoms with Crippen LogP contribution in [0.4, 0.5) is 5.69 Å². The maximum Gasteiger partial charge on any atom is 0.109 e. The van der Waals surface area contributed by atoms with Crippen molar-refractivity contribution in [3.8, 4) is 0 Å². The van der Waals surface area contributed by atoms with Gasteiger partial charge in [0.15, 0.2) is 0 Å². The van der Waals surface area contributed by atoms with Crippen LogP contribution < -0.4 is 5.73 Å². The van der Waals surface area contributed by atoms with Gasteiger partial charge < -0.3 is 10.3 Å². The van der Waals surface area contributed by atoms with E-state index in [0.29, 0.717) is 0 Å². The van der Waals surface area contributed by atoms with Gasteiger partial charge in [-0.3, -0.25) is 0 Å². The Morgan fingerprint density at radius 2 is 2.20 bits per heavy atom. The van der Waals surface area contributed by atoms with Crippen molar-refractivity contribution in [3.05, 3.63) is 24.0 Å². The Morgan fingerprint density at radius 1 is 1.30 bits per heavy atom. The van der Waals surface area contributed by atoms with E-state index in [-0.39, 0.29) is 0 Å². The second kappa shape index (κ2) is 4.51. The Bertz CT molecular complexity index is 643. The second-order valence-electron chi connectivity index (χ2n) is 6.68. The average Bonchev–Trinajstić information content (AvgIpc) is 3.12. The summed E-state index contributed by atoms with van der Waals surface area (Å²) in [5.74, 6) is 4.07. The highest BCUT2D eigenvalue weighted by atomic mass is 15.1. The van der Waals surface area contributed by atoms with Gasteiger partial charge in [-0.1, -0.05) is 13.3 Å². The summed E-state index contributed by atoms with van der Waals surface area (Å²) >= 11 is 0. The minimum atomic E-state index is 0.810. The number of anilines is 1. The lowest BCUT2D eigenvalue weighted by Crippen LogP contribution is -2.18. The van der Waals surface area contributed by atoms with Crippen molar-refractivity contribution in [2.45, 2.75) is 45.6 Å². The predicted molar refractivity (Wildman–Crippen MR) is 82.5 cm³/mol. The Labute approximate surface area is 120 Å². The molecule has 2 aliphatic carbocycles. The van der Waals surface area contributed by atoms with E-state index in [0.717, 1.165) is 41.9 Å². The average molecular weight is 269 g/mol. The van der Waals surface area contributed by atoms with Gasteiger partial charge in [-0.25, -0.2) is 4.98 Å². The first-order valence-corrected chi connectivity index (χ1v) is 7.99. The third-order valence-electron chi connectivity index (χ3n) is 5.47. The van der Waals surface area contributed by atoms with E-state index in [1.807, 2.05) is 12.1 Å². The van der Waals surface area contributed by atoms with Crippen molar-refractivity contribution in [3.63, 3.8) is 0 Å². The summed E-state index contributed by atoms with van der Waals surface area (Å²) in [6, 6.07) is 6.15. The number of nitrogen functional groups attached to an aromatic ring is 1. The van der Waals surface area contributed by atoms with E-state index in [1.54, 1.807) is 0 Å². The molecular formula is C17H23N3. The molecule has 0 spiro atoms. The van der Waals surface area contributed by atoms with Gasteiger partial charge in [0.2, 0.25) is 0 Å². The molecule has 0 radical (unpaired) electrons. The van der Waals surface area contributed by atoms with Gasteiger partial charge in [0, 0.05) is 18.7 Å². The number of imidazole rings is 1. The number of aryl methyl sites for hydroxylation is 1. The zero-order valence-electron chi connectivity index (χ0n) is 12.2. The molecule has 4 rings (SSSR count). The number of benzene rings is 1. The molecule has 2 fully saturated rings. The number of nitrogens with two attached hydrogens (primary N) is 1. The normalized spacial score (nSPS) is 28.6. The molecule has 0 amide bonds. The van der Waals surface area contributed by atoms with Gasteiger partial charge in [0.1, 0.15) is 5.82 Å². The van der Waals surface area contributed by atoms with Gasteiger partial charge in [0.25, 0.3) is 0 Å². The van der Waals surface area contributed by atoms with E-state index < -0.39 is 0 Å². The molecule has 1 heterocycles. The molecule has 2 saturated carbocycles. The van der Waals surface area contributed by atoms with Crippen LogP contribution in [0.5, 0.6) is 0 Å². The molecule has 106 valence electrons. The highest BCUT2D eigenvalue weighted by molar-refractivity contribution is 5.79. The second-order valence-corrected chi connectivity index (χ2v) is 6.68. The molecule has 3 unspecified atom stereocenters. The maximum atomic E-state index is 5.89. The Hall–Kier alpha value is -1.51. The lowest BCUT2D eigenvalue weighted by Gasteiger charge is -2.23. The smallest absolute Gasteiger partial charge is 0.109 e. The quantitative estimate of drug-likeness (QED) is 0.865. The van der Waals surface area contributed by atoms with Crippen LogP contribution in [-0.4, -0.2) is 9.55 Å². The van der Waals surface area contributed by atoms with Crippen molar-refractivity contribution >= 4 is 16.7 Å². The fraction of sp³-hybridized carbons (Fsp3) is 0.588. The molecular weight excluding hydrogens is 246 g/mol. The molecule has 1 aromatic heterocycles. The summed E-state index contributed by atoms with van der Waals surface area (Å²) in [4.78, 5) is 4.78. The summed E-state index contributed by atoms with van der Waals surface area (Å²) in [5.41, 5.74) is 9.02. The zero-order chi connectivity index (χ0) is 13.7. The molecule has 2 aliphatic rings. The topological polar surface area (TPSA) is 43.8 Å². The molecule has 2 aromatic rings. The van der Waals surface area contributed by atoms with Gasteiger partial charge in [0.05, 0.1) is 11.0 Å². The SMILES string of the molecule is CCc1nc2cc(N)ccc2n1CC1CC2CCC1C2. The van der Waals surface area contributed by atoms with E-state index in [4.69, 9.17) is 10.7 Å². The number of rotatable bonds is 3. The summed E-state index contributed by atoms with van der Waals surface area (Å²) in [5, 5.41) is 0. The van der Waals surface area contributed by atoms with E-state index in [9.17, 15) is 0 Å². The molecule has 1 aromatic carbocycles. The van der Waals surface area contributed by atoms with Crippen molar-refractivity contribution in [2.75, 3.05) is 5.73 Å². The zero-order valence-corrected chi connectivity index (χ0v) is 12.2. The number of aromatic nitrogens is 2. The standard InChI is InChI=1S/C17H23N3/c1-2-17-19-15-9-14(18)5-6-16(15)20(17)10-13-8-11-3-4-12(13)7-11/h5-6,9,11-13H,2-4,7-8,10,18H2,1H3. The summed E-state index contributed by atoms with van der Waals surface area (Å²) in [6.45, 7) is 3.35. The van der Waals surface area contributed by atoms with Crippen LogP contribution in [0.1, 0.15) is 38.4 Å². The number of hydrogen-bond acceptors (Lipinski definition) is 2. The van der Waals surface area contributed by atoms with Crippen LogP contribution in [0.2, 0.25) is 0 Å². The minimum Gasteiger partial charge on any atom is -0.399 e. The van der Waals surface area contributed by atoms with Gasteiger partial charge in [-0.2, -0.15) is 0 Å². The molecule has 0 saturated heterocycles. The lowest BCUT2D eigenvalue weighted by molar-refractivity contribution is 0.296. The van der Waals surface area contributed by atoms with Crippen LogP contribution in [0.15, 0.2) is 18.2 Å². The van der Waals surface area contributed by atoms with Crippen molar-refractivity contribution in [2.24, 2.45) is 17.8 Å².